The van der Waals surface area contributed by atoms with Crippen LogP contribution in [0.1, 0.15) is 17.5 Å². The molecular weight excluding hydrogens is 552 g/mol. The molecule has 3 aromatic carbocycles. The number of urea groups is 1. The number of carbonyl (C=O) groups excluding carboxylic acids is 1. The maximum Gasteiger partial charge on any atom is 0.333 e. The number of rotatable bonds is 11. The fourth-order valence-electron chi connectivity index (χ4n) is 3.51. The lowest BCUT2D eigenvalue weighted by Gasteiger charge is -2.22. The van der Waals surface area contributed by atoms with Gasteiger partial charge in [-0.25, -0.2) is 26.4 Å². The number of aryl methyl sites for hydroxylation is 1. The van der Waals surface area contributed by atoms with Crippen LogP contribution in [-0.2, 0) is 31.4 Å². The predicted molar refractivity (Wildman–Crippen MR) is 140 cm³/mol. The molecule has 0 aliphatic rings. The van der Waals surface area contributed by atoms with Crippen molar-refractivity contribution >= 4 is 43.4 Å². The minimum absolute atomic E-state index is 0.0397. The highest BCUT2D eigenvalue weighted by Crippen LogP contribution is 2.23. The fraction of sp³-hybridized carbons (Fsp3) is 0.167. The first-order valence-corrected chi connectivity index (χ1v) is 14.2. The smallest absolute Gasteiger partial charge is 0.333 e. The van der Waals surface area contributed by atoms with Crippen LogP contribution < -0.4 is 10.0 Å². The highest BCUT2D eigenvalue weighted by atomic mass is 32.2. The number of nitrogens with one attached hydrogen (secondary N) is 2. The van der Waals surface area contributed by atoms with E-state index in [1.165, 1.54) is 54.6 Å². The van der Waals surface area contributed by atoms with Crippen LogP contribution in [-0.4, -0.2) is 49.7 Å². The molecule has 0 radical (unpaired) electrons. The van der Waals surface area contributed by atoms with Crippen molar-refractivity contribution < 1.29 is 36.5 Å². The van der Waals surface area contributed by atoms with E-state index in [2.05, 4.69) is 5.32 Å². The van der Waals surface area contributed by atoms with Gasteiger partial charge < -0.3 is 10.4 Å². The van der Waals surface area contributed by atoms with Crippen LogP contribution in [0.4, 0.5) is 16.2 Å². The van der Waals surface area contributed by atoms with Gasteiger partial charge in [0.05, 0.1) is 21.1 Å². The zero-order chi connectivity index (χ0) is 28.8. The first-order chi connectivity index (χ1) is 18.3. The second kappa shape index (κ2) is 12.0. The Bertz CT molecular complexity index is 1610. The lowest BCUT2D eigenvalue weighted by atomic mass is 10.2. The molecule has 3 N–H and O–H groups in total. The highest BCUT2D eigenvalue weighted by Gasteiger charge is 2.26. The number of amides is 2. The minimum Gasteiger partial charge on any atom is -0.481 e. The topological polar surface area (TPSA) is 193 Å². The predicted octanol–water partition coefficient (Wildman–Crippen LogP) is 3.08. The Kier molecular flexibility index (Phi) is 9.00. The molecule has 15 heteroatoms. The van der Waals surface area contributed by atoms with Crippen molar-refractivity contribution in [2.24, 2.45) is 0 Å². The van der Waals surface area contributed by atoms with Crippen molar-refractivity contribution in [2.75, 3.05) is 11.9 Å². The monoisotopic (exact) mass is 576 g/mol. The number of carboxylic acid groups (broad SMARTS) is 1. The van der Waals surface area contributed by atoms with Crippen molar-refractivity contribution in [1.82, 2.24) is 9.03 Å². The number of hydrogen-bond acceptors (Lipinski definition) is 8. The quantitative estimate of drug-likeness (QED) is 0.227. The number of carbonyl (C=O) groups is 2. The highest BCUT2D eigenvalue weighted by molar-refractivity contribution is 7.90. The van der Waals surface area contributed by atoms with Gasteiger partial charge in [-0.1, -0.05) is 36.4 Å². The van der Waals surface area contributed by atoms with Gasteiger partial charge in [-0.3, -0.25) is 14.9 Å². The van der Waals surface area contributed by atoms with E-state index in [1.807, 2.05) is 4.72 Å². The standard InChI is InChI=1S/C24H24N4O9S2/c1-17-5-2-3-8-22(17)38(34,35)26-24(31)25-19-6-4-7-21(15-19)39(36,37)27(14-13-23(29)30)16-18-9-11-20(12-10-18)28(32)33/h2-12,15H,13-14,16H2,1H3,(H,29,30)(H2,25,26,31). The van der Waals surface area contributed by atoms with Crippen LogP contribution in [0.25, 0.3) is 0 Å². The number of nitro benzene ring substituents is 1. The number of anilines is 1. The van der Waals surface area contributed by atoms with E-state index in [9.17, 15) is 36.5 Å². The summed E-state index contributed by atoms with van der Waals surface area (Å²) < 4.78 is 54.7. The van der Waals surface area contributed by atoms with Gasteiger partial charge in [-0.05, 0) is 42.3 Å². The Morgan fingerprint density at radius 3 is 2.26 bits per heavy atom. The number of nitro groups is 1. The van der Waals surface area contributed by atoms with Gasteiger partial charge in [-0.15, -0.1) is 0 Å². The molecule has 0 saturated heterocycles. The molecule has 39 heavy (non-hydrogen) atoms. The molecule has 13 nitrogen and oxygen atoms in total. The molecule has 0 aliphatic carbocycles. The third-order valence-electron chi connectivity index (χ3n) is 5.42. The Hall–Kier alpha value is -4.34. The summed E-state index contributed by atoms with van der Waals surface area (Å²) in [5, 5.41) is 22.3. The van der Waals surface area contributed by atoms with E-state index in [-0.39, 0.29) is 27.7 Å². The molecule has 0 unspecified atom stereocenters. The fourth-order valence-corrected chi connectivity index (χ4v) is 6.14. The molecule has 2 amide bonds. The number of benzene rings is 3. The lowest BCUT2D eigenvalue weighted by molar-refractivity contribution is -0.384. The van der Waals surface area contributed by atoms with Crippen LogP contribution in [0.2, 0.25) is 0 Å². The Balaban J connectivity index is 1.82. The summed E-state index contributed by atoms with van der Waals surface area (Å²) in [6, 6.07) is 15.0. The molecule has 0 atom stereocenters. The maximum absolute atomic E-state index is 13.4. The number of aliphatic carboxylic acids is 1. The number of nitrogens with zero attached hydrogens (tertiary/aromatic N) is 2. The third kappa shape index (κ3) is 7.59. The molecule has 0 aliphatic heterocycles. The zero-order valence-electron chi connectivity index (χ0n) is 20.5. The van der Waals surface area contributed by atoms with Gasteiger partial charge in [0.15, 0.2) is 0 Å². The number of hydrogen-bond donors (Lipinski definition) is 3. The lowest BCUT2D eigenvalue weighted by Crippen LogP contribution is -2.35. The van der Waals surface area contributed by atoms with Crippen LogP contribution >= 0.6 is 0 Å². The van der Waals surface area contributed by atoms with Crippen molar-refractivity contribution in [3.63, 3.8) is 0 Å². The van der Waals surface area contributed by atoms with Gasteiger partial charge >= 0.3 is 12.0 Å². The van der Waals surface area contributed by atoms with Crippen molar-refractivity contribution in [3.8, 4) is 0 Å². The van der Waals surface area contributed by atoms with E-state index in [4.69, 9.17) is 5.11 Å². The van der Waals surface area contributed by atoms with E-state index in [0.717, 1.165) is 10.4 Å². The molecule has 0 spiro atoms. The molecule has 0 fully saturated rings. The second-order valence-corrected chi connectivity index (χ2v) is 11.8. The summed E-state index contributed by atoms with van der Waals surface area (Å²) in [4.78, 5) is 33.5. The molecule has 0 bridgehead atoms. The van der Waals surface area contributed by atoms with Crippen LogP contribution in [0.15, 0.2) is 82.6 Å². The van der Waals surface area contributed by atoms with Gasteiger partial charge in [0, 0.05) is 30.9 Å². The minimum atomic E-state index is -4.32. The molecular formula is C24H24N4O9S2. The van der Waals surface area contributed by atoms with Crippen LogP contribution in [0.3, 0.4) is 0 Å². The van der Waals surface area contributed by atoms with Gasteiger partial charge in [0.1, 0.15) is 0 Å². The summed E-state index contributed by atoms with van der Waals surface area (Å²) in [7, 11) is -8.52. The van der Waals surface area contributed by atoms with Crippen LogP contribution in [0, 0.1) is 17.0 Å². The second-order valence-electron chi connectivity index (χ2n) is 8.26. The average Bonchev–Trinajstić information content (AvgIpc) is 2.86. The molecule has 0 saturated carbocycles. The molecule has 206 valence electrons. The summed E-state index contributed by atoms with van der Waals surface area (Å²) >= 11 is 0. The largest absolute Gasteiger partial charge is 0.481 e. The third-order valence-corrected chi connectivity index (χ3v) is 8.75. The summed E-state index contributed by atoms with van der Waals surface area (Å²) in [6.07, 6.45) is -0.511. The van der Waals surface area contributed by atoms with E-state index < -0.39 is 49.9 Å². The molecule has 3 rings (SSSR count). The molecule has 3 aromatic rings. The maximum atomic E-state index is 13.4. The van der Waals surface area contributed by atoms with Crippen molar-refractivity contribution in [3.05, 3.63) is 94.0 Å². The SMILES string of the molecule is Cc1ccccc1S(=O)(=O)NC(=O)Nc1cccc(S(=O)(=O)N(CCC(=O)O)Cc2ccc([N+](=O)[O-])cc2)c1. The van der Waals surface area contributed by atoms with Crippen molar-refractivity contribution in [2.45, 2.75) is 29.7 Å². The van der Waals surface area contributed by atoms with Crippen molar-refractivity contribution in [1.29, 1.82) is 0 Å². The summed E-state index contributed by atoms with van der Waals surface area (Å²) in [5.41, 5.74) is 0.562. The normalized spacial score (nSPS) is 11.6. The zero-order valence-corrected chi connectivity index (χ0v) is 22.1. The Labute approximate surface area is 224 Å². The van der Waals surface area contributed by atoms with Gasteiger partial charge in [0.2, 0.25) is 10.0 Å². The Morgan fingerprint density at radius 1 is 0.974 bits per heavy atom. The van der Waals surface area contributed by atoms with E-state index in [1.54, 1.807) is 19.1 Å². The number of carboxylic acids is 1. The molecule has 0 aromatic heterocycles. The average molecular weight is 577 g/mol. The molecule has 0 heterocycles. The van der Waals surface area contributed by atoms with Gasteiger partial charge in [-0.2, -0.15) is 4.31 Å². The van der Waals surface area contributed by atoms with Crippen LogP contribution in [0.5, 0.6) is 0 Å². The summed E-state index contributed by atoms with van der Waals surface area (Å²) in [5.74, 6) is -1.24. The number of sulfonamides is 2. The van der Waals surface area contributed by atoms with Gasteiger partial charge in [0.25, 0.3) is 15.7 Å². The van der Waals surface area contributed by atoms with E-state index in [0.29, 0.717) is 11.1 Å². The Morgan fingerprint density at radius 2 is 1.64 bits per heavy atom. The summed E-state index contributed by atoms with van der Waals surface area (Å²) in [6.45, 7) is 0.884. The van der Waals surface area contributed by atoms with E-state index >= 15 is 0 Å². The number of non-ortho nitro benzene ring substituents is 1. The first kappa shape index (κ1) is 29.2. The first-order valence-electron chi connectivity index (χ1n) is 11.2.